The lowest BCUT2D eigenvalue weighted by atomic mass is 9.84. The van der Waals surface area contributed by atoms with Gasteiger partial charge in [-0.1, -0.05) is 0 Å². The first kappa shape index (κ1) is 13.4. The fourth-order valence-electron chi connectivity index (χ4n) is 3.07. The summed E-state index contributed by atoms with van der Waals surface area (Å²) >= 11 is 5.45. The minimum absolute atomic E-state index is 0.721. The second-order valence-corrected chi connectivity index (χ2v) is 6.00. The molecule has 6 heteroatoms. The predicted molar refractivity (Wildman–Crippen MR) is 82.4 cm³/mol. The Morgan fingerprint density at radius 3 is 2.60 bits per heavy atom. The van der Waals surface area contributed by atoms with Gasteiger partial charge in [-0.2, -0.15) is 10.2 Å². The van der Waals surface area contributed by atoms with E-state index in [9.17, 15) is 0 Å². The number of nitrogens with zero attached hydrogens (tertiary/aromatic N) is 4. The van der Waals surface area contributed by atoms with Crippen LogP contribution in [0.5, 0.6) is 0 Å². The summed E-state index contributed by atoms with van der Waals surface area (Å²) in [6, 6.07) is 3.69. The quantitative estimate of drug-likeness (QED) is 0.511. The highest BCUT2D eigenvalue weighted by Gasteiger charge is 2.30. The van der Waals surface area contributed by atoms with Crippen molar-refractivity contribution < 1.29 is 0 Å². The zero-order chi connectivity index (χ0) is 13.8. The van der Waals surface area contributed by atoms with Gasteiger partial charge in [0.25, 0.3) is 0 Å². The van der Waals surface area contributed by atoms with Gasteiger partial charge in [0.1, 0.15) is 5.69 Å². The van der Waals surface area contributed by atoms with Gasteiger partial charge in [0.2, 0.25) is 0 Å². The van der Waals surface area contributed by atoms with Gasteiger partial charge in [0, 0.05) is 19.3 Å². The molecule has 1 N–H and O–H groups in total. The molecule has 3 fully saturated rings. The van der Waals surface area contributed by atoms with Crippen molar-refractivity contribution in [3.63, 3.8) is 0 Å². The Balaban J connectivity index is 1.55. The third kappa shape index (κ3) is 3.30. The lowest BCUT2D eigenvalue weighted by Gasteiger charge is -2.24. The maximum atomic E-state index is 5.45. The van der Waals surface area contributed by atoms with E-state index in [0.29, 0.717) is 0 Å². The van der Waals surface area contributed by atoms with Crippen molar-refractivity contribution in [3.05, 3.63) is 24.0 Å². The molecule has 1 aliphatic carbocycles. The van der Waals surface area contributed by atoms with Crippen molar-refractivity contribution in [2.45, 2.75) is 25.7 Å². The average Bonchev–Trinajstić information content (AvgIpc) is 2.82. The van der Waals surface area contributed by atoms with E-state index in [4.69, 9.17) is 12.2 Å². The van der Waals surface area contributed by atoms with Crippen molar-refractivity contribution >= 4 is 23.5 Å². The summed E-state index contributed by atoms with van der Waals surface area (Å²) in [6.07, 6.45) is 8.70. The molecule has 5 nitrogen and oxygen atoms in total. The number of hydrazone groups is 1. The normalized spacial score (nSPS) is 25.7. The van der Waals surface area contributed by atoms with E-state index in [1.165, 1.54) is 25.7 Å². The molecule has 0 atom stereocenters. The lowest BCUT2D eigenvalue weighted by Crippen LogP contribution is -2.40. The SMILES string of the molecule is S=C(N/N=C/c1cccnn1)N1CC2CCC(CC2)C1. The molecular formula is C14H19N5S. The van der Waals surface area contributed by atoms with Gasteiger partial charge in [0.05, 0.1) is 6.21 Å². The zero-order valence-corrected chi connectivity index (χ0v) is 12.2. The second-order valence-electron chi connectivity index (χ2n) is 5.62. The van der Waals surface area contributed by atoms with Crippen LogP contribution in [0.3, 0.4) is 0 Å². The van der Waals surface area contributed by atoms with Crippen molar-refractivity contribution in [2.24, 2.45) is 16.9 Å². The summed E-state index contributed by atoms with van der Waals surface area (Å²) in [4.78, 5) is 2.28. The van der Waals surface area contributed by atoms with Crippen LogP contribution in [0.1, 0.15) is 31.4 Å². The standard InChI is InChI=1S/C14H19N5S/c20-14(18-16-8-13-2-1-7-15-17-13)19-9-11-3-4-12(10-19)6-5-11/h1-2,7-8,11-12H,3-6,9-10H2,(H,18,20)/b16-8+. The van der Waals surface area contributed by atoms with Gasteiger partial charge in [-0.3, -0.25) is 5.43 Å². The average molecular weight is 289 g/mol. The van der Waals surface area contributed by atoms with E-state index in [0.717, 1.165) is 35.7 Å². The summed E-state index contributed by atoms with van der Waals surface area (Å²) in [5.74, 6) is 1.61. The van der Waals surface area contributed by atoms with Crippen LogP contribution in [0.25, 0.3) is 0 Å². The third-order valence-electron chi connectivity index (χ3n) is 4.16. The number of nitrogens with one attached hydrogen (secondary N) is 1. The van der Waals surface area contributed by atoms with Crippen LogP contribution in [0.15, 0.2) is 23.4 Å². The first-order chi connectivity index (χ1) is 9.81. The highest BCUT2D eigenvalue weighted by atomic mass is 32.1. The maximum Gasteiger partial charge on any atom is 0.189 e. The van der Waals surface area contributed by atoms with Crippen LogP contribution in [-0.4, -0.2) is 39.5 Å². The molecule has 1 aromatic heterocycles. The molecule has 106 valence electrons. The Kier molecular flexibility index (Phi) is 4.20. The van der Waals surface area contributed by atoms with Gasteiger partial charge < -0.3 is 4.90 Å². The van der Waals surface area contributed by atoms with Gasteiger partial charge >= 0.3 is 0 Å². The van der Waals surface area contributed by atoms with Gasteiger partial charge in [0.15, 0.2) is 5.11 Å². The molecule has 0 radical (unpaired) electrons. The minimum Gasteiger partial charge on any atom is -0.347 e. The van der Waals surface area contributed by atoms with Crippen molar-refractivity contribution in [3.8, 4) is 0 Å². The number of rotatable bonds is 2. The molecular weight excluding hydrogens is 270 g/mol. The molecule has 3 heterocycles. The molecule has 3 aliphatic rings. The largest absolute Gasteiger partial charge is 0.347 e. The smallest absolute Gasteiger partial charge is 0.189 e. The van der Waals surface area contributed by atoms with Crippen LogP contribution in [0.2, 0.25) is 0 Å². The van der Waals surface area contributed by atoms with Crippen LogP contribution in [0, 0.1) is 11.8 Å². The molecule has 4 rings (SSSR count). The second kappa shape index (κ2) is 6.26. The monoisotopic (exact) mass is 289 g/mol. The van der Waals surface area contributed by atoms with Crippen LogP contribution in [0.4, 0.5) is 0 Å². The molecule has 2 saturated heterocycles. The van der Waals surface area contributed by atoms with Gasteiger partial charge in [-0.05, 0) is 61.9 Å². The number of thiocarbonyl (C=S) groups is 1. The summed E-state index contributed by atoms with van der Waals surface area (Å²) in [7, 11) is 0. The molecule has 0 amide bonds. The number of hydrogen-bond acceptors (Lipinski definition) is 4. The summed E-state index contributed by atoms with van der Waals surface area (Å²) < 4.78 is 0. The highest BCUT2D eigenvalue weighted by Crippen LogP contribution is 2.33. The highest BCUT2D eigenvalue weighted by molar-refractivity contribution is 7.80. The Bertz CT molecular complexity index is 468. The summed E-state index contributed by atoms with van der Waals surface area (Å²) in [5.41, 5.74) is 3.68. The molecule has 1 saturated carbocycles. The third-order valence-corrected chi connectivity index (χ3v) is 4.51. The van der Waals surface area contributed by atoms with Crippen LogP contribution in [-0.2, 0) is 0 Å². The minimum atomic E-state index is 0.721. The van der Waals surface area contributed by atoms with E-state index in [-0.39, 0.29) is 0 Å². The van der Waals surface area contributed by atoms with E-state index in [2.05, 4.69) is 25.6 Å². The molecule has 0 unspecified atom stereocenters. The van der Waals surface area contributed by atoms with E-state index >= 15 is 0 Å². The zero-order valence-electron chi connectivity index (χ0n) is 11.4. The summed E-state index contributed by atoms with van der Waals surface area (Å²) in [6.45, 7) is 2.14. The van der Waals surface area contributed by atoms with E-state index in [1.54, 1.807) is 12.4 Å². The Hall–Kier alpha value is -1.56. The predicted octanol–water partition coefficient (Wildman–Crippen LogP) is 1.81. The van der Waals surface area contributed by atoms with Gasteiger partial charge in [-0.15, -0.1) is 5.10 Å². The Morgan fingerprint density at radius 1 is 1.30 bits per heavy atom. The fraction of sp³-hybridized carbons (Fsp3) is 0.571. The van der Waals surface area contributed by atoms with Crippen molar-refractivity contribution in [1.29, 1.82) is 0 Å². The van der Waals surface area contributed by atoms with Crippen LogP contribution >= 0.6 is 12.2 Å². The summed E-state index contributed by atoms with van der Waals surface area (Å²) in [5, 5.41) is 12.6. The molecule has 0 aromatic carbocycles. The van der Waals surface area contributed by atoms with E-state index < -0.39 is 0 Å². The molecule has 20 heavy (non-hydrogen) atoms. The van der Waals surface area contributed by atoms with Crippen LogP contribution < -0.4 is 5.43 Å². The fourth-order valence-corrected chi connectivity index (χ4v) is 3.27. The maximum absolute atomic E-state index is 5.45. The Morgan fingerprint density at radius 2 is 2.00 bits per heavy atom. The molecule has 2 bridgehead atoms. The number of hydrogen-bond donors (Lipinski definition) is 1. The molecule has 2 aliphatic heterocycles. The van der Waals surface area contributed by atoms with Crippen molar-refractivity contribution in [2.75, 3.05) is 13.1 Å². The first-order valence-electron chi connectivity index (χ1n) is 7.17. The molecule has 0 spiro atoms. The van der Waals surface area contributed by atoms with Gasteiger partial charge in [-0.25, -0.2) is 0 Å². The van der Waals surface area contributed by atoms with Crippen molar-refractivity contribution in [1.82, 2.24) is 20.5 Å². The number of fused-ring (bicyclic) bond motifs is 4. The lowest BCUT2D eigenvalue weighted by molar-refractivity contribution is 0.326. The van der Waals surface area contributed by atoms with E-state index in [1.807, 2.05) is 12.1 Å². The Labute approximate surface area is 124 Å². The number of aromatic nitrogens is 2. The topological polar surface area (TPSA) is 53.4 Å². The first-order valence-corrected chi connectivity index (χ1v) is 7.58. The molecule has 1 aromatic rings.